The van der Waals surface area contributed by atoms with Gasteiger partial charge in [-0.15, -0.1) is 0 Å². The van der Waals surface area contributed by atoms with E-state index >= 15 is 0 Å². The standard InChI is InChI=1S/C10H15F3N4OS/c1-5(2)17(4-10(11,12)13)9-6(8(18)15-3)7(14)16-19-9/h5H,4H2,1-3H3,(H2,14,16)(H,15,18). The van der Waals surface area contributed by atoms with Crippen molar-refractivity contribution < 1.29 is 18.0 Å². The zero-order chi connectivity index (χ0) is 14.8. The summed E-state index contributed by atoms with van der Waals surface area (Å²) in [5.74, 6) is -0.610. The minimum Gasteiger partial charge on any atom is -0.382 e. The lowest BCUT2D eigenvalue weighted by Crippen LogP contribution is -2.39. The maximum Gasteiger partial charge on any atom is 0.405 e. The van der Waals surface area contributed by atoms with Crippen molar-refractivity contribution >= 4 is 28.3 Å². The molecular formula is C10H15F3N4OS. The first-order valence-electron chi connectivity index (χ1n) is 5.48. The predicted octanol–water partition coefficient (Wildman–Crippen LogP) is 1.86. The molecule has 0 fully saturated rings. The number of rotatable bonds is 4. The predicted molar refractivity (Wildman–Crippen MR) is 68.5 cm³/mol. The Balaban J connectivity index is 3.21. The third-order valence-electron chi connectivity index (χ3n) is 2.39. The van der Waals surface area contributed by atoms with E-state index in [1.165, 1.54) is 7.05 Å². The van der Waals surface area contributed by atoms with E-state index in [1.54, 1.807) is 13.8 Å². The van der Waals surface area contributed by atoms with E-state index in [0.717, 1.165) is 16.4 Å². The van der Waals surface area contributed by atoms with E-state index in [1.807, 2.05) is 0 Å². The first-order chi connectivity index (χ1) is 8.67. The van der Waals surface area contributed by atoms with Crippen LogP contribution in [0.5, 0.6) is 0 Å². The fourth-order valence-electron chi connectivity index (χ4n) is 1.51. The maximum absolute atomic E-state index is 12.6. The molecule has 0 saturated carbocycles. The van der Waals surface area contributed by atoms with Gasteiger partial charge in [0, 0.05) is 13.1 Å². The van der Waals surface area contributed by atoms with Crippen molar-refractivity contribution in [2.24, 2.45) is 0 Å². The van der Waals surface area contributed by atoms with E-state index in [2.05, 4.69) is 9.69 Å². The number of nitrogens with one attached hydrogen (secondary N) is 1. The molecule has 1 heterocycles. The van der Waals surface area contributed by atoms with Gasteiger partial charge >= 0.3 is 6.18 Å². The van der Waals surface area contributed by atoms with Gasteiger partial charge in [0.2, 0.25) is 0 Å². The van der Waals surface area contributed by atoms with Gasteiger partial charge in [-0.3, -0.25) is 4.79 Å². The van der Waals surface area contributed by atoms with Crippen LogP contribution in [0.25, 0.3) is 0 Å². The van der Waals surface area contributed by atoms with Gasteiger partial charge in [0.1, 0.15) is 17.1 Å². The lowest BCUT2D eigenvalue weighted by molar-refractivity contribution is -0.120. The van der Waals surface area contributed by atoms with Gasteiger partial charge in [0.05, 0.1) is 0 Å². The molecule has 1 aromatic rings. The minimum atomic E-state index is -4.37. The Morgan fingerprint density at radius 3 is 2.53 bits per heavy atom. The lowest BCUT2D eigenvalue weighted by Gasteiger charge is -2.28. The van der Waals surface area contributed by atoms with Crippen molar-refractivity contribution in [2.45, 2.75) is 26.1 Å². The van der Waals surface area contributed by atoms with Crippen molar-refractivity contribution in [3.63, 3.8) is 0 Å². The monoisotopic (exact) mass is 296 g/mol. The van der Waals surface area contributed by atoms with E-state index in [0.29, 0.717) is 0 Å². The smallest absolute Gasteiger partial charge is 0.382 e. The molecule has 1 rings (SSSR count). The van der Waals surface area contributed by atoms with E-state index in [-0.39, 0.29) is 16.4 Å². The number of hydrogen-bond donors (Lipinski definition) is 2. The Labute approximate surface area is 112 Å². The lowest BCUT2D eigenvalue weighted by atomic mass is 10.2. The number of nitrogen functional groups attached to an aromatic ring is 1. The quantitative estimate of drug-likeness (QED) is 0.889. The molecule has 108 valence electrons. The highest BCUT2D eigenvalue weighted by Crippen LogP contribution is 2.33. The van der Waals surface area contributed by atoms with E-state index in [9.17, 15) is 18.0 Å². The summed E-state index contributed by atoms with van der Waals surface area (Å²) in [5, 5.41) is 2.47. The van der Waals surface area contributed by atoms with Crippen LogP contribution in [0.3, 0.4) is 0 Å². The molecule has 5 nitrogen and oxygen atoms in total. The zero-order valence-corrected chi connectivity index (χ0v) is 11.5. The van der Waals surface area contributed by atoms with Gasteiger partial charge in [-0.25, -0.2) is 0 Å². The van der Waals surface area contributed by atoms with Crippen LogP contribution in [0, 0.1) is 0 Å². The van der Waals surface area contributed by atoms with Crippen LogP contribution in [-0.2, 0) is 0 Å². The van der Waals surface area contributed by atoms with Gasteiger partial charge in [-0.1, -0.05) is 0 Å². The molecule has 0 aliphatic carbocycles. The van der Waals surface area contributed by atoms with E-state index in [4.69, 9.17) is 5.73 Å². The third kappa shape index (κ3) is 3.72. The molecule has 0 saturated heterocycles. The number of hydrogen-bond acceptors (Lipinski definition) is 5. The number of nitrogens with two attached hydrogens (primary N) is 1. The molecule has 0 unspecified atom stereocenters. The number of amides is 1. The summed E-state index contributed by atoms with van der Waals surface area (Å²) in [7, 11) is 1.38. The molecule has 1 amide bonds. The van der Waals surface area contributed by atoms with Crippen molar-refractivity contribution in [3.05, 3.63) is 5.56 Å². The van der Waals surface area contributed by atoms with Gasteiger partial charge in [-0.05, 0) is 25.4 Å². The van der Waals surface area contributed by atoms with Crippen LogP contribution in [0.15, 0.2) is 0 Å². The normalized spacial score (nSPS) is 11.7. The molecule has 1 aromatic heterocycles. The van der Waals surface area contributed by atoms with Crippen LogP contribution in [-0.4, -0.2) is 36.1 Å². The summed E-state index contributed by atoms with van der Waals surface area (Å²) in [6.07, 6.45) is -4.37. The summed E-state index contributed by atoms with van der Waals surface area (Å²) < 4.78 is 41.5. The molecule has 0 spiro atoms. The highest BCUT2D eigenvalue weighted by atomic mass is 32.1. The summed E-state index contributed by atoms with van der Waals surface area (Å²) >= 11 is 0.787. The molecule has 0 aliphatic rings. The highest BCUT2D eigenvalue weighted by molar-refractivity contribution is 7.11. The average Bonchev–Trinajstić information content (AvgIpc) is 2.65. The number of aromatic nitrogens is 1. The number of alkyl halides is 3. The van der Waals surface area contributed by atoms with Gasteiger partial charge in [0.15, 0.2) is 5.82 Å². The number of nitrogens with zero attached hydrogens (tertiary/aromatic N) is 2. The highest BCUT2D eigenvalue weighted by Gasteiger charge is 2.35. The summed E-state index contributed by atoms with van der Waals surface area (Å²) in [6, 6.07) is -0.440. The Bertz CT molecular complexity index is 458. The Hall–Kier alpha value is -1.51. The van der Waals surface area contributed by atoms with Crippen LogP contribution >= 0.6 is 11.5 Å². The SMILES string of the molecule is CNC(=O)c1c(N)nsc1N(CC(F)(F)F)C(C)C. The van der Waals surface area contributed by atoms with Crippen LogP contribution in [0.1, 0.15) is 24.2 Å². The minimum absolute atomic E-state index is 0.00884. The second-order valence-corrected chi connectivity index (χ2v) is 4.92. The Morgan fingerprint density at radius 1 is 1.53 bits per heavy atom. The second kappa shape index (κ2) is 5.64. The first kappa shape index (κ1) is 15.5. The molecular weight excluding hydrogens is 281 g/mol. The molecule has 0 aromatic carbocycles. The average molecular weight is 296 g/mol. The van der Waals surface area contributed by atoms with Crippen molar-refractivity contribution in [2.75, 3.05) is 24.2 Å². The summed E-state index contributed by atoms with van der Waals surface area (Å²) in [4.78, 5) is 12.7. The maximum atomic E-state index is 12.6. The molecule has 0 aliphatic heterocycles. The van der Waals surface area contributed by atoms with E-state index < -0.39 is 24.7 Å². The van der Waals surface area contributed by atoms with Crippen molar-refractivity contribution in [1.29, 1.82) is 0 Å². The third-order valence-corrected chi connectivity index (χ3v) is 3.29. The summed E-state index contributed by atoms with van der Waals surface area (Å²) in [6.45, 7) is 2.06. The van der Waals surface area contributed by atoms with Gasteiger partial charge in [-0.2, -0.15) is 17.5 Å². The molecule has 0 bridgehead atoms. The number of carbonyl (C=O) groups is 1. The fraction of sp³-hybridized carbons (Fsp3) is 0.600. The zero-order valence-electron chi connectivity index (χ0n) is 10.7. The number of anilines is 2. The molecule has 19 heavy (non-hydrogen) atoms. The van der Waals surface area contributed by atoms with Crippen molar-refractivity contribution in [1.82, 2.24) is 9.69 Å². The van der Waals surface area contributed by atoms with Gasteiger partial charge < -0.3 is 16.0 Å². The van der Waals surface area contributed by atoms with Crippen molar-refractivity contribution in [3.8, 4) is 0 Å². The van der Waals surface area contributed by atoms with Gasteiger partial charge in [0.25, 0.3) is 5.91 Å². The first-order valence-corrected chi connectivity index (χ1v) is 6.25. The Morgan fingerprint density at radius 2 is 2.11 bits per heavy atom. The molecule has 3 N–H and O–H groups in total. The second-order valence-electron chi connectivity index (χ2n) is 4.16. The van der Waals surface area contributed by atoms with Crippen LogP contribution in [0.2, 0.25) is 0 Å². The summed E-state index contributed by atoms with van der Waals surface area (Å²) in [5.41, 5.74) is 5.54. The molecule has 9 heteroatoms. The molecule has 0 atom stereocenters. The number of halogens is 3. The van der Waals surface area contributed by atoms with Crippen LogP contribution in [0.4, 0.5) is 24.0 Å². The largest absolute Gasteiger partial charge is 0.405 e. The van der Waals surface area contributed by atoms with Crippen LogP contribution < -0.4 is 16.0 Å². The fourth-order valence-corrected chi connectivity index (χ4v) is 2.45. The molecule has 0 radical (unpaired) electrons. The Kier molecular flexibility index (Phi) is 4.61. The topological polar surface area (TPSA) is 71.2 Å². The number of carbonyl (C=O) groups excluding carboxylic acids is 1.